The predicted molar refractivity (Wildman–Crippen MR) is 97.0 cm³/mol. The van der Waals surface area contributed by atoms with Gasteiger partial charge < -0.3 is 10.2 Å². The summed E-state index contributed by atoms with van der Waals surface area (Å²) in [5.74, 6) is 0.404. The number of carbonyl (C=O) groups is 1. The zero-order valence-electron chi connectivity index (χ0n) is 14.7. The van der Waals surface area contributed by atoms with Crippen molar-refractivity contribution in [2.24, 2.45) is 10.3 Å². The number of amides is 1. The molecule has 0 saturated carbocycles. The van der Waals surface area contributed by atoms with Crippen LogP contribution in [0.25, 0.3) is 0 Å². The van der Waals surface area contributed by atoms with E-state index in [1.807, 2.05) is 17.9 Å². The maximum absolute atomic E-state index is 12.5. The first-order chi connectivity index (χ1) is 11.9. The Morgan fingerprint density at radius 3 is 2.92 bits per heavy atom. The van der Waals surface area contributed by atoms with E-state index in [1.165, 1.54) is 0 Å². The second-order valence-corrected chi connectivity index (χ2v) is 8.44. The van der Waals surface area contributed by atoms with Crippen LogP contribution in [0.2, 0.25) is 0 Å². The first-order valence-electron chi connectivity index (χ1n) is 8.92. The third-order valence-corrected chi connectivity index (χ3v) is 6.14. The molecule has 1 aromatic carbocycles. The van der Waals surface area contributed by atoms with E-state index in [0.29, 0.717) is 17.9 Å². The van der Waals surface area contributed by atoms with Gasteiger partial charge in [-0.25, -0.2) is 0 Å². The van der Waals surface area contributed by atoms with Gasteiger partial charge in [0.2, 0.25) is 5.91 Å². The average Bonchev–Trinajstić information content (AvgIpc) is 2.87. The van der Waals surface area contributed by atoms with Gasteiger partial charge in [-0.15, -0.1) is 4.40 Å². The molecule has 2 heterocycles. The lowest BCUT2D eigenvalue weighted by Gasteiger charge is -2.33. The quantitative estimate of drug-likeness (QED) is 0.889. The summed E-state index contributed by atoms with van der Waals surface area (Å²) < 4.78 is 28.5. The van der Waals surface area contributed by atoms with E-state index in [-0.39, 0.29) is 22.8 Å². The van der Waals surface area contributed by atoms with Gasteiger partial charge in [-0.3, -0.25) is 4.79 Å². The molecule has 3 rings (SSSR count). The smallest absolute Gasteiger partial charge is 0.285 e. The van der Waals surface area contributed by atoms with Crippen LogP contribution in [0.1, 0.15) is 45.1 Å². The van der Waals surface area contributed by atoms with Crippen molar-refractivity contribution in [1.29, 1.82) is 0 Å². The summed E-state index contributed by atoms with van der Waals surface area (Å²) in [6, 6.07) is 7.05. The summed E-state index contributed by atoms with van der Waals surface area (Å²) in [6.07, 6.45) is 3.66. The van der Waals surface area contributed by atoms with E-state index in [4.69, 9.17) is 0 Å². The van der Waals surface area contributed by atoms with E-state index < -0.39 is 10.0 Å². The molecule has 0 bridgehead atoms. The molecule has 2 atom stereocenters. The van der Waals surface area contributed by atoms with Crippen LogP contribution in [0, 0.1) is 5.92 Å². The van der Waals surface area contributed by atoms with Crippen LogP contribution in [0.3, 0.4) is 0 Å². The Morgan fingerprint density at radius 2 is 2.16 bits per heavy atom. The van der Waals surface area contributed by atoms with Crippen molar-refractivity contribution < 1.29 is 13.2 Å². The third kappa shape index (κ3) is 3.71. The van der Waals surface area contributed by atoms with E-state index >= 15 is 0 Å². The number of likely N-dealkylation sites (tertiary alicyclic amines) is 1. The molecular formula is C18H25N3O3S. The molecular weight excluding hydrogens is 338 g/mol. The van der Waals surface area contributed by atoms with Gasteiger partial charge in [-0.1, -0.05) is 25.5 Å². The van der Waals surface area contributed by atoms with Gasteiger partial charge in [0.05, 0.1) is 5.92 Å². The van der Waals surface area contributed by atoms with Gasteiger partial charge in [0.25, 0.3) is 10.0 Å². The summed E-state index contributed by atoms with van der Waals surface area (Å²) in [5, 5.41) is 3.07. The topological polar surface area (TPSA) is 78.8 Å². The largest absolute Gasteiger partial charge is 0.355 e. The van der Waals surface area contributed by atoms with Crippen LogP contribution in [-0.4, -0.2) is 44.2 Å². The van der Waals surface area contributed by atoms with Crippen molar-refractivity contribution in [3.63, 3.8) is 0 Å². The number of fused-ring (bicyclic) bond motifs is 1. The molecule has 0 aliphatic carbocycles. The lowest BCUT2D eigenvalue weighted by Crippen LogP contribution is -2.47. The molecule has 136 valence electrons. The molecule has 2 aliphatic heterocycles. The second kappa shape index (κ2) is 7.15. The predicted octanol–water partition coefficient (Wildman–Crippen LogP) is 2.15. The fraction of sp³-hybridized carbons (Fsp3) is 0.556. The number of piperidine rings is 1. The molecule has 1 aromatic rings. The lowest BCUT2D eigenvalue weighted by atomic mass is 9.96. The van der Waals surface area contributed by atoms with Crippen LogP contribution in [0.4, 0.5) is 0 Å². The number of benzene rings is 1. The van der Waals surface area contributed by atoms with Crippen LogP contribution < -0.4 is 5.32 Å². The SMILES string of the molecule is CCC[C@H](C)NC(=O)[C@H]1CCCN(C2=NS(=O)(=O)c3ccccc32)C1. The van der Waals surface area contributed by atoms with E-state index in [9.17, 15) is 13.2 Å². The minimum absolute atomic E-state index is 0.0559. The molecule has 0 spiro atoms. The number of nitrogens with zero attached hydrogens (tertiary/aromatic N) is 2. The normalized spacial score (nSPS) is 22.9. The van der Waals surface area contributed by atoms with Crippen molar-refractivity contribution in [3.05, 3.63) is 29.8 Å². The molecule has 25 heavy (non-hydrogen) atoms. The Hall–Kier alpha value is -1.89. The highest BCUT2D eigenvalue weighted by atomic mass is 32.2. The van der Waals surface area contributed by atoms with Crippen LogP contribution >= 0.6 is 0 Å². The number of amidine groups is 1. The third-order valence-electron chi connectivity index (χ3n) is 4.81. The Morgan fingerprint density at radius 1 is 1.40 bits per heavy atom. The molecule has 1 N–H and O–H groups in total. The lowest BCUT2D eigenvalue weighted by molar-refractivity contribution is -0.126. The van der Waals surface area contributed by atoms with Crippen molar-refractivity contribution in [1.82, 2.24) is 10.2 Å². The monoisotopic (exact) mass is 363 g/mol. The summed E-state index contributed by atoms with van der Waals surface area (Å²) in [7, 11) is -3.62. The number of nitrogens with one attached hydrogen (secondary N) is 1. The van der Waals surface area contributed by atoms with Crippen molar-refractivity contribution in [3.8, 4) is 0 Å². The maximum atomic E-state index is 12.5. The fourth-order valence-corrected chi connectivity index (χ4v) is 4.79. The Bertz CT molecular complexity index is 789. The number of sulfonamides is 1. The highest BCUT2D eigenvalue weighted by Gasteiger charge is 2.35. The molecule has 7 heteroatoms. The van der Waals surface area contributed by atoms with E-state index in [0.717, 1.165) is 32.2 Å². The number of hydrogen-bond acceptors (Lipinski definition) is 4. The second-order valence-electron chi connectivity index (χ2n) is 6.87. The van der Waals surface area contributed by atoms with Crippen LogP contribution in [-0.2, 0) is 14.8 Å². The molecule has 0 radical (unpaired) electrons. The van der Waals surface area contributed by atoms with Crippen molar-refractivity contribution in [2.45, 2.75) is 50.5 Å². The molecule has 0 aromatic heterocycles. The highest BCUT2D eigenvalue weighted by Crippen LogP contribution is 2.29. The van der Waals surface area contributed by atoms with Crippen molar-refractivity contribution >= 4 is 21.8 Å². The summed E-state index contributed by atoms with van der Waals surface area (Å²) >= 11 is 0. The molecule has 1 saturated heterocycles. The van der Waals surface area contributed by atoms with Gasteiger partial charge >= 0.3 is 0 Å². The summed E-state index contributed by atoms with van der Waals surface area (Å²) in [6.45, 7) is 5.34. The van der Waals surface area contributed by atoms with Gasteiger partial charge in [0.1, 0.15) is 4.90 Å². The minimum atomic E-state index is -3.62. The van der Waals surface area contributed by atoms with E-state index in [2.05, 4.69) is 16.6 Å². The molecule has 1 fully saturated rings. The highest BCUT2D eigenvalue weighted by molar-refractivity contribution is 7.90. The minimum Gasteiger partial charge on any atom is -0.355 e. The first kappa shape index (κ1) is 17.9. The number of hydrogen-bond donors (Lipinski definition) is 1. The van der Waals surface area contributed by atoms with Gasteiger partial charge in [0.15, 0.2) is 5.84 Å². The van der Waals surface area contributed by atoms with E-state index in [1.54, 1.807) is 18.2 Å². The Balaban J connectivity index is 1.75. The van der Waals surface area contributed by atoms with Crippen LogP contribution in [0.5, 0.6) is 0 Å². The zero-order valence-corrected chi connectivity index (χ0v) is 15.6. The van der Waals surface area contributed by atoms with Gasteiger partial charge in [-0.2, -0.15) is 8.42 Å². The Labute approximate surface area is 149 Å². The first-order valence-corrected chi connectivity index (χ1v) is 10.4. The summed E-state index contributed by atoms with van der Waals surface area (Å²) in [5.41, 5.74) is 0.642. The number of rotatable bonds is 4. The van der Waals surface area contributed by atoms with Gasteiger partial charge in [-0.05, 0) is 38.3 Å². The standard InChI is InChI=1S/C18H25N3O3S/c1-3-7-13(2)19-18(22)14-8-6-11-21(12-14)17-15-9-4-5-10-16(15)25(23,24)20-17/h4-5,9-10,13-14H,3,6-8,11-12H2,1-2H3,(H,19,22)/t13-,14-/m0/s1. The Kier molecular flexibility index (Phi) is 5.13. The number of carbonyl (C=O) groups excluding carboxylic acids is 1. The molecule has 6 nitrogen and oxygen atoms in total. The zero-order chi connectivity index (χ0) is 18.0. The summed E-state index contributed by atoms with van der Waals surface area (Å²) in [4.78, 5) is 14.7. The average molecular weight is 363 g/mol. The molecule has 1 amide bonds. The molecule has 0 unspecified atom stereocenters. The van der Waals surface area contributed by atoms with Crippen LogP contribution in [0.15, 0.2) is 33.6 Å². The maximum Gasteiger partial charge on any atom is 0.285 e. The molecule has 2 aliphatic rings. The van der Waals surface area contributed by atoms with Gasteiger partial charge in [0, 0.05) is 24.7 Å². The fourth-order valence-electron chi connectivity index (χ4n) is 3.57. The van der Waals surface area contributed by atoms with Crippen molar-refractivity contribution in [2.75, 3.05) is 13.1 Å².